The van der Waals surface area contributed by atoms with Crippen LogP contribution in [0.25, 0.3) is 0 Å². The molecule has 5 heteroatoms. The summed E-state index contributed by atoms with van der Waals surface area (Å²) in [5.74, 6) is 2.07. The highest BCUT2D eigenvalue weighted by atomic mass is 16.5. The van der Waals surface area contributed by atoms with Crippen LogP contribution in [-0.2, 0) is 11.2 Å². The lowest BCUT2D eigenvalue weighted by atomic mass is 10.0. The van der Waals surface area contributed by atoms with Crippen LogP contribution in [0.5, 0.6) is 17.2 Å². The largest absolute Gasteiger partial charge is 0.493 e. The Kier molecular flexibility index (Phi) is 4.97. The normalized spacial score (nSPS) is 21.7. The van der Waals surface area contributed by atoms with Gasteiger partial charge in [0.2, 0.25) is 11.7 Å². The lowest BCUT2D eigenvalue weighted by molar-refractivity contribution is -0.133. The summed E-state index contributed by atoms with van der Waals surface area (Å²) in [6.45, 7) is 0. The number of ether oxygens (including phenoxy) is 3. The number of benzene rings is 1. The van der Waals surface area contributed by atoms with Crippen molar-refractivity contribution >= 4 is 5.91 Å². The Morgan fingerprint density at radius 2 is 1.92 bits per heavy atom. The molecule has 24 heavy (non-hydrogen) atoms. The molecule has 1 saturated heterocycles. The van der Waals surface area contributed by atoms with Crippen LogP contribution < -0.4 is 14.2 Å². The number of nitrogens with zero attached hydrogens (tertiary/aromatic N) is 1. The summed E-state index contributed by atoms with van der Waals surface area (Å²) >= 11 is 0. The zero-order chi connectivity index (χ0) is 17.1. The van der Waals surface area contributed by atoms with E-state index in [1.54, 1.807) is 21.3 Å². The van der Waals surface area contributed by atoms with E-state index >= 15 is 0 Å². The Balaban J connectivity index is 1.73. The van der Waals surface area contributed by atoms with Crippen molar-refractivity contribution in [3.05, 3.63) is 29.8 Å². The third kappa shape index (κ3) is 2.95. The molecule has 0 N–H and O–H groups in total. The summed E-state index contributed by atoms with van der Waals surface area (Å²) in [6.07, 6.45) is 8.69. The highest BCUT2D eigenvalue weighted by molar-refractivity contribution is 5.78. The molecule has 0 unspecified atom stereocenters. The quantitative estimate of drug-likeness (QED) is 0.752. The highest BCUT2D eigenvalue weighted by Crippen LogP contribution is 2.40. The molecule has 2 bridgehead atoms. The molecule has 1 amide bonds. The smallest absolute Gasteiger partial charge is 0.223 e. The Labute approximate surface area is 143 Å². The lowest BCUT2D eigenvalue weighted by Gasteiger charge is -2.31. The molecule has 2 aliphatic rings. The number of aryl methyl sites for hydroxylation is 1. The Morgan fingerprint density at radius 1 is 1.12 bits per heavy atom. The average Bonchev–Trinajstić information content (AvgIpc) is 2.87. The second-order valence-electron chi connectivity index (χ2n) is 6.26. The monoisotopic (exact) mass is 331 g/mol. The fraction of sp³-hybridized carbons (Fsp3) is 0.526. The first-order valence-corrected chi connectivity index (χ1v) is 8.45. The summed E-state index contributed by atoms with van der Waals surface area (Å²) in [5, 5.41) is 0. The van der Waals surface area contributed by atoms with Gasteiger partial charge < -0.3 is 19.1 Å². The zero-order valence-electron chi connectivity index (χ0n) is 14.6. The van der Waals surface area contributed by atoms with E-state index in [-0.39, 0.29) is 5.91 Å². The second-order valence-corrected chi connectivity index (χ2v) is 6.26. The number of methoxy groups -OCH3 is 3. The van der Waals surface area contributed by atoms with Crippen LogP contribution in [-0.4, -0.2) is 44.2 Å². The predicted octanol–water partition coefficient (Wildman–Crippen LogP) is 2.96. The van der Waals surface area contributed by atoms with Crippen molar-refractivity contribution in [3.63, 3.8) is 0 Å². The van der Waals surface area contributed by atoms with Gasteiger partial charge in [0.1, 0.15) is 0 Å². The number of hydrogen-bond acceptors (Lipinski definition) is 4. The topological polar surface area (TPSA) is 48.0 Å². The van der Waals surface area contributed by atoms with Gasteiger partial charge in [0, 0.05) is 12.5 Å². The van der Waals surface area contributed by atoms with Crippen molar-refractivity contribution in [2.75, 3.05) is 21.3 Å². The minimum absolute atomic E-state index is 0.226. The van der Waals surface area contributed by atoms with Crippen LogP contribution in [0, 0.1) is 0 Å². The number of fused-ring (bicyclic) bond motifs is 2. The second kappa shape index (κ2) is 7.16. The van der Waals surface area contributed by atoms with Gasteiger partial charge in [-0.25, -0.2) is 0 Å². The number of rotatable bonds is 6. The standard InChI is InChI=1S/C19H25NO4/c1-22-16-11-7-13(18(23-2)19(16)24-3)8-12-17(21)20-14-5-4-6-15(20)10-9-14/h4-5,7,11,14-15H,6,8-10,12H2,1-3H3/t14-,15-/m0/s1. The van der Waals surface area contributed by atoms with Crippen LogP contribution in [0.15, 0.2) is 24.3 Å². The highest BCUT2D eigenvalue weighted by Gasteiger charge is 2.36. The SMILES string of the molecule is COc1ccc(CCC(=O)N2[C@H]3CC=C[C@H]2CC3)c(OC)c1OC. The fourth-order valence-corrected chi connectivity index (χ4v) is 3.84. The van der Waals surface area contributed by atoms with Crippen molar-refractivity contribution in [2.24, 2.45) is 0 Å². The first kappa shape index (κ1) is 16.7. The van der Waals surface area contributed by atoms with E-state index in [0.29, 0.717) is 42.2 Å². The van der Waals surface area contributed by atoms with Crippen molar-refractivity contribution in [2.45, 2.75) is 44.2 Å². The van der Waals surface area contributed by atoms with E-state index in [1.807, 2.05) is 12.1 Å². The molecule has 0 aromatic heterocycles. The predicted molar refractivity (Wildman–Crippen MR) is 91.8 cm³/mol. The molecule has 2 heterocycles. The fourth-order valence-electron chi connectivity index (χ4n) is 3.84. The molecule has 0 saturated carbocycles. The maximum absolute atomic E-state index is 12.7. The third-order valence-corrected chi connectivity index (χ3v) is 4.99. The van der Waals surface area contributed by atoms with Gasteiger partial charge in [-0.15, -0.1) is 0 Å². The van der Waals surface area contributed by atoms with Crippen LogP contribution in [0.1, 0.15) is 31.2 Å². The van der Waals surface area contributed by atoms with Crippen molar-refractivity contribution in [1.29, 1.82) is 0 Å². The Morgan fingerprint density at radius 3 is 2.58 bits per heavy atom. The zero-order valence-corrected chi connectivity index (χ0v) is 14.6. The van der Waals surface area contributed by atoms with E-state index in [9.17, 15) is 4.79 Å². The number of amides is 1. The number of carbonyl (C=O) groups excluding carboxylic acids is 1. The molecule has 1 aromatic carbocycles. The summed E-state index contributed by atoms with van der Waals surface area (Å²) in [4.78, 5) is 14.8. The van der Waals surface area contributed by atoms with Gasteiger partial charge in [0.25, 0.3) is 0 Å². The summed E-state index contributed by atoms with van der Waals surface area (Å²) in [6, 6.07) is 4.48. The van der Waals surface area contributed by atoms with Crippen LogP contribution in [0.4, 0.5) is 0 Å². The minimum atomic E-state index is 0.226. The van der Waals surface area contributed by atoms with Crippen LogP contribution in [0.2, 0.25) is 0 Å². The van der Waals surface area contributed by atoms with Crippen LogP contribution >= 0.6 is 0 Å². The maximum Gasteiger partial charge on any atom is 0.223 e. The van der Waals surface area contributed by atoms with Crippen molar-refractivity contribution in [1.82, 2.24) is 4.90 Å². The molecule has 2 aliphatic heterocycles. The van der Waals surface area contributed by atoms with Gasteiger partial charge >= 0.3 is 0 Å². The van der Waals surface area contributed by atoms with Gasteiger partial charge in [-0.05, 0) is 37.3 Å². The molecule has 1 fully saturated rings. The van der Waals surface area contributed by atoms with E-state index in [0.717, 1.165) is 24.8 Å². The molecule has 130 valence electrons. The third-order valence-electron chi connectivity index (χ3n) is 4.99. The number of hydrogen-bond donors (Lipinski definition) is 0. The summed E-state index contributed by atoms with van der Waals surface area (Å²) < 4.78 is 16.2. The van der Waals surface area contributed by atoms with Gasteiger partial charge in [0.05, 0.1) is 27.4 Å². The van der Waals surface area contributed by atoms with Crippen LogP contribution in [0.3, 0.4) is 0 Å². The van der Waals surface area contributed by atoms with Gasteiger partial charge in [-0.2, -0.15) is 0 Å². The van der Waals surface area contributed by atoms with Crippen molar-refractivity contribution < 1.29 is 19.0 Å². The molecule has 0 aliphatic carbocycles. The first-order valence-electron chi connectivity index (χ1n) is 8.45. The summed E-state index contributed by atoms with van der Waals surface area (Å²) in [7, 11) is 4.80. The van der Waals surface area contributed by atoms with E-state index in [1.165, 1.54) is 0 Å². The molecule has 3 rings (SSSR count). The van der Waals surface area contributed by atoms with Gasteiger partial charge in [-0.3, -0.25) is 4.79 Å². The molecule has 5 nitrogen and oxygen atoms in total. The maximum atomic E-state index is 12.7. The van der Waals surface area contributed by atoms with E-state index in [4.69, 9.17) is 14.2 Å². The molecule has 0 spiro atoms. The molecule has 2 atom stereocenters. The Bertz CT molecular complexity index is 640. The lowest BCUT2D eigenvalue weighted by Crippen LogP contribution is -2.42. The van der Waals surface area contributed by atoms with E-state index in [2.05, 4.69) is 17.1 Å². The van der Waals surface area contributed by atoms with Crippen molar-refractivity contribution in [3.8, 4) is 17.2 Å². The number of carbonyl (C=O) groups is 1. The molecule has 1 aromatic rings. The minimum Gasteiger partial charge on any atom is -0.493 e. The van der Waals surface area contributed by atoms with E-state index < -0.39 is 0 Å². The first-order chi connectivity index (χ1) is 11.7. The van der Waals surface area contributed by atoms with Gasteiger partial charge in [-0.1, -0.05) is 18.2 Å². The van der Waals surface area contributed by atoms with Gasteiger partial charge in [0.15, 0.2) is 11.5 Å². The molecule has 0 radical (unpaired) electrons. The molecular weight excluding hydrogens is 306 g/mol. The molecular formula is C19H25NO4. The Hall–Kier alpha value is -2.17. The average molecular weight is 331 g/mol. The summed E-state index contributed by atoms with van der Waals surface area (Å²) in [5.41, 5.74) is 0.961.